The van der Waals surface area contributed by atoms with E-state index in [1.807, 2.05) is 35.2 Å². The third-order valence-electron chi connectivity index (χ3n) is 4.67. The lowest BCUT2D eigenvalue weighted by Gasteiger charge is -2.13. The lowest BCUT2D eigenvalue weighted by atomic mass is 10.1. The predicted octanol–water partition coefficient (Wildman–Crippen LogP) is 5.65. The number of hydrogen-bond donors (Lipinski definition) is 3. The predicted molar refractivity (Wildman–Crippen MR) is 133 cm³/mol. The fourth-order valence-electron chi connectivity index (χ4n) is 3.08. The summed E-state index contributed by atoms with van der Waals surface area (Å²) in [5.41, 5.74) is 0.604. The van der Waals surface area contributed by atoms with E-state index in [0.29, 0.717) is 16.6 Å². The zero-order chi connectivity index (χ0) is 24.2. The average molecular weight is 535 g/mol. The molecule has 2 amide bonds. The Morgan fingerprint density at radius 3 is 2.47 bits per heavy atom. The first-order chi connectivity index (χ1) is 16.3. The molecule has 11 heteroatoms. The maximum absolute atomic E-state index is 13.0. The van der Waals surface area contributed by atoms with Crippen LogP contribution in [0.3, 0.4) is 0 Å². The van der Waals surface area contributed by atoms with Crippen LogP contribution < -0.4 is 15.2 Å². The van der Waals surface area contributed by atoms with Crippen LogP contribution in [0.4, 0.5) is 11.5 Å². The number of amides is 2. The van der Waals surface area contributed by atoms with Gasteiger partial charge in [-0.3, -0.25) is 9.59 Å². The van der Waals surface area contributed by atoms with Crippen molar-refractivity contribution in [1.82, 2.24) is 4.98 Å². The lowest BCUT2D eigenvalue weighted by Crippen LogP contribution is -2.32. The maximum Gasteiger partial charge on any atom is 0.267 e. The molecule has 0 atom stereocenters. The molecule has 3 heterocycles. The molecule has 0 bridgehead atoms. The summed E-state index contributed by atoms with van der Waals surface area (Å²) in [6, 6.07) is 11.3. The molecule has 34 heavy (non-hydrogen) atoms. The molecule has 0 aliphatic carbocycles. The lowest BCUT2D eigenvalue weighted by molar-refractivity contribution is -0.688. The van der Waals surface area contributed by atoms with E-state index in [-0.39, 0.29) is 32.7 Å². The fraction of sp³-hybridized carbons (Fsp3) is 0.0435. The molecule has 1 aromatic carbocycles. The van der Waals surface area contributed by atoms with Crippen LogP contribution in [0, 0.1) is 0 Å². The molecule has 0 aliphatic heterocycles. The number of thiophene rings is 1. The number of hydrogen-bond acceptors (Lipinski definition) is 5. The molecule has 0 saturated carbocycles. The van der Waals surface area contributed by atoms with E-state index < -0.39 is 11.8 Å². The summed E-state index contributed by atoms with van der Waals surface area (Å²) >= 11 is 19.5. The molecule has 172 valence electrons. The van der Waals surface area contributed by atoms with Crippen LogP contribution in [0.25, 0.3) is 0 Å². The van der Waals surface area contributed by atoms with Crippen molar-refractivity contribution in [3.63, 3.8) is 0 Å². The number of anilines is 2. The quantitative estimate of drug-likeness (QED) is 0.220. The molecule has 0 saturated heterocycles. The number of rotatable bonds is 6. The molecule has 3 N–H and O–H groups in total. The van der Waals surface area contributed by atoms with Crippen LogP contribution in [-0.4, -0.2) is 21.9 Å². The first-order valence-electron chi connectivity index (χ1n) is 9.78. The van der Waals surface area contributed by atoms with Crippen molar-refractivity contribution in [3.8, 4) is 5.75 Å². The number of aromatic hydroxyl groups is 1. The molecule has 0 fully saturated rings. The Balaban J connectivity index is 1.58. The number of halogens is 3. The highest BCUT2D eigenvalue weighted by Gasteiger charge is 2.23. The Labute approximate surface area is 213 Å². The minimum Gasteiger partial charge on any atom is -0.506 e. The van der Waals surface area contributed by atoms with Crippen LogP contribution in [0.1, 0.15) is 25.6 Å². The Kier molecular flexibility index (Phi) is 7.33. The van der Waals surface area contributed by atoms with Gasteiger partial charge in [-0.05, 0) is 18.2 Å². The van der Waals surface area contributed by atoms with E-state index in [2.05, 4.69) is 15.6 Å². The van der Waals surface area contributed by atoms with Crippen LogP contribution in [-0.2, 0) is 6.54 Å². The summed E-state index contributed by atoms with van der Waals surface area (Å²) in [5, 5.41) is 18.2. The van der Waals surface area contributed by atoms with Gasteiger partial charge in [0.25, 0.3) is 11.8 Å². The molecule has 0 spiro atoms. The van der Waals surface area contributed by atoms with Gasteiger partial charge in [-0.15, -0.1) is 11.3 Å². The van der Waals surface area contributed by atoms with Gasteiger partial charge < -0.3 is 15.7 Å². The van der Waals surface area contributed by atoms with Gasteiger partial charge in [-0.2, -0.15) is 0 Å². The van der Waals surface area contributed by atoms with Crippen molar-refractivity contribution in [3.05, 3.63) is 97.5 Å². The maximum atomic E-state index is 13.0. The van der Waals surface area contributed by atoms with E-state index in [4.69, 9.17) is 34.8 Å². The zero-order valence-electron chi connectivity index (χ0n) is 17.3. The third-order valence-corrected chi connectivity index (χ3v) is 6.68. The number of aromatic nitrogens is 2. The van der Waals surface area contributed by atoms with Gasteiger partial charge >= 0.3 is 0 Å². The van der Waals surface area contributed by atoms with Crippen molar-refractivity contribution in [1.29, 1.82) is 0 Å². The Morgan fingerprint density at radius 1 is 1.00 bits per heavy atom. The molecule has 0 radical (unpaired) electrons. The third kappa shape index (κ3) is 5.48. The van der Waals surface area contributed by atoms with Gasteiger partial charge in [0.05, 0.1) is 21.3 Å². The number of carbonyl (C=O) groups excluding carboxylic acids is 2. The molecule has 4 aromatic rings. The highest BCUT2D eigenvalue weighted by molar-refractivity contribution is 7.13. The summed E-state index contributed by atoms with van der Waals surface area (Å²) < 4.78 is 1.92. The molecule has 7 nitrogen and oxygen atoms in total. The van der Waals surface area contributed by atoms with E-state index in [1.165, 1.54) is 24.4 Å². The Hall–Kier alpha value is -3.17. The molecular weight excluding hydrogens is 519 g/mol. The number of nitrogens with zero attached hydrogens (tertiary/aromatic N) is 2. The van der Waals surface area contributed by atoms with Crippen LogP contribution in [0.15, 0.2) is 66.4 Å². The number of carbonyl (C=O) groups is 2. The van der Waals surface area contributed by atoms with Gasteiger partial charge in [0.2, 0.25) is 0 Å². The molecule has 4 rings (SSSR count). The summed E-state index contributed by atoms with van der Waals surface area (Å²) in [7, 11) is 0. The van der Waals surface area contributed by atoms with Gasteiger partial charge in [0.15, 0.2) is 18.9 Å². The standard InChI is InChI=1S/C23H15Cl3N4O3S/c24-14-4-5-18(27-10-14)28-22(32)16-8-15(25)9-17(31)20(16)29-23(33)21-19(26)13(12-34-21)11-30-6-2-1-3-7-30/h1-10,12H,11H2,(H2-,27,28,29,31,32,33)/p+1. The van der Waals surface area contributed by atoms with Crippen LogP contribution in [0.2, 0.25) is 15.1 Å². The van der Waals surface area contributed by atoms with Crippen molar-refractivity contribution >= 4 is 69.5 Å². The Morgan fingerprint density at radius 2 is 1.76 bits per heavy atom. The average Bonchev–Trinajstić information content (AvgIpc) is 3.17. The minimum atomic E-state index is -0.638. The number of nitrogens with one attached hydrogen (secondary N) is 2. The second-order valence-electron chi connectivity index (χ2n) is 7.07. The van der Waals surface area contributed by atoms with Gasteiger partial charge in [0.1, 0.15) is 16.4 Å². The monoisotopic (exact) mass is 533 g/mol. The normalized spacial score (nSPS) is 10.7. The summed E-state index contributed by atoms with van der Waals surface area (Å²) in [5.74, 6) is -1.35. The molecule has 3 aromatic heterocycles. The van der Waals surface area contributed by atoms with Gasteiger partial charge in [-0.25, -0.2) is 9.55 Å². The number of phenols is 1. The smallest absolute Gasteiger partial charge is 0.267 e. The highest BCUT2D eigenvalue weighted by atomic mass is 35.5. The van der Waals surface area contributed by atoms with Crippen molar-refractivity contribution in [2.24, 2.45) is 0 Å². The number of benzene rings is 1. The molecule has 0 unspecified atom stereocenters. The van der Waals surface area contributed by atoms with Crippen molar-refractivity contribution < 1.29 is 19.3 Å². The summed E-state index contributed by atoms with van der Waals surface area (Å²) in [6.07, 6.45) is 5.15. The van der Waals surface area contributed by atoms with Gasteiger partial charge in [-0.1, -0.05) is 40.9 Å². The molecule has 0 aliphatic rings. The first kappa shape index (κ1) is 24.0. The first-order valence-corrected chi connectivity index (χ1v) is 11.8. The largest absolute Gasteiger partial charge is 0.506 e. The van der Waals surface area contributed by atoms with Gasteiger partial charge in [0, 0.05) is 40.4 Å². The second kappa shape index (κ2) is 10.4. The summed E-state index contributed by atoms with van der Waals surface area (Å²) in [6.45, 7) is 0.484. The highest BCUT2D eigenvalue weighted by Crippen LogP contribution is 2.34. The number of phenolic OH excluding ortho intramolecular Hbond substituents is 1. The van der Waals surface area contributed by atoms with Crippen molar-refractivity contribution in [2.75, 3.05) is 10.6 Å². The number of pyridine rings is 2. The van der Waals surface area contributed by atoms with Crippen LogP contribution >= 0.6 is 46.1 Å². The topological polar surface area (TPSA) is 95.2 Å². The SMILES string of the molecule is O=C(Nc1ccc(Cl)cn1)c1cc(Cl)cc(O)c1NC(=O)c1scc(C[n+]2ccccc2)c1Cl. The fourth-order valence-corrected chi connectivity index (χ4v) is 4.65. The van der Waals surface area contributed by atoms with E-state index in [0.717, 1.165) is 16.9 Å². The Bertz CT molecular complexity index is 1360. The summed E-state index contributed by atoms with van der Waals surface area (Å²) in [4.78, 5) is 30.2. The molecular formula is C23H16Cl3N4O3S+. The van der Waals surface area contributed by atoms with E-state index >= 15 is 0 Å². The van der Waals surface area contributed by atoms with Crippen molar-refractivity contribution in [2.45, 2.75) is 6.54 Å². The van der Waals surface area contributed by atoms with E-state index in [9.17, 15) is 14.7 Å². The van der Waals surface area contributed by atoms with E-state index in [1.54, 1.807) is 11.4 Å². The second-order valence-corrected chi connectivity index (χ2v) is 9.20. The zero-order valence-corrected chi connectivity index (χ0v) is 20.3. The van der Waals surface area contributed by atoms with Crippen LogP contribution in [0.5, 0.6) is 5.75 Å². The minimum absolute atomic E-state index is 0.0529.